The highest BCUT2D eigenvalue weighted by Crippen LogP contribution is 2.33. The zero-order valence-electron chi connectivity index (χ0n) is 55.2. The molecule has 0 aromatic carbocycles. The van der Waals surface area contributed by atoms with Gasteiger partial charge in [-0.3, -0.25) is 4.79 Å². The number of ether oxygens (including phenoxy) is 6. The van der Waals surface area contributed by atoms with Gasteiger partial charge in [0.05, 0.1) is 38.6 Å². The summed E-state index contributed by atoms with van der Waals surface area (Å²) in [6.07, 6.45) is 34.0. The van der Waals surface area contributed by atoms with Crippen molar-refractivity contribution in [2.24, 2.45) is 0 Å². The molecular weight excluding hydrogens is 1140 g/mol. The van der Waals surface area contributed by atoms with Crippen LogP contribution in [0.15, 0.2) is 36.5 Å². The lowest BCUT2D eigenvalue weighted by Gasteiger charge is -2.48. The van der Waals surface area contributed by atoms with Crippen LogP contribution in [0.3, 0.4) is 0 Å². The Morgan fingerprint density at radius 3 is 1.15 bits per heavy atom. The summed E-state index contributed by atoms with van der Waals surface area (Å²) in [4.78, 5) is 13.4. The van der Waals surface area contributed by atoms with Crippen molar-refractivity contribution in [3.63, 3.8) is 0 Å². The van der Waals surface area contributed by atoms with E-state index in [0.29, 0.717) is 6.42 Å². The van der Waals surface area contributed by atoms with Crippen LogP contribution in [0.4, 0.5) is 0 Å². The van der Waals surface area contributed by atoms with Crippen molar-refractivity contribution in [1.82, 2.24) is 5.32 Å². The van der Waals surface area contributed by atoms with Crippen molar-refractivity contribution < 1.29 is 89.4 Å². The molecule has 0 aromatic rings. The van der Waals surface area contributed by atoms with Gasteiger partial charge in [0.25, 0.3) is 0 Å². The Morgan fingerprint density at radius 2 is 0.742 bits per heavy atom. The Balaban J connectivity index is 1.43. The third kappa shape index (κ3) is 34.3. The Labute approximate surface area is 536 Å². The second-order valence-corrected chi connectivity index (χ2v) is 25.7. The molecule has 3 rings (SSSR count). The van der Waals surface area contributed by atoms with Crippen LogP contribution in [0.5, 0.6) is 0 Å². The molecule has 1 amide bonds. The summed E-state index contributed by atoms with van der Waals surface area (Å²) in [6, 6.07) is -0.973. The van der Waals surface area contributed by atoms with Gasteiger partial charge in [-0.15, -0.1) is 0 Å². The molecule has 0 aliphatic carbocycles. The van der Waals surface area contributed by atoms with Gasteiger partial charge in [-0.2, -0.15) is 0 Å². The molecule has 89 heavy (non-hydrogen) atoms. The standard InChI is InChI=1S/C70H129NO18/c1-3-5-7-9-11-13-15-17-19-21-23-24-25-26-27-28-30-32-34-36-38-40-42-44-46-48-58(76)71-53(54(75)47-45-43-41-39-37-35-33-31-29-22-20-18-16-14-12-10-8-6-4-2)52-84-68-64(82)61(79)66(56(50-73)86-68)89-70-65(83)62(80)67(57(51-74)87-70)88-69-63(81)60(78)59(77)55(49-72)85-69/h15,17,21,23,45,47,53-57,59-70,72-75,77-83H,3-14,16,18-20,22,24-44,46,48-52H2,1-2H3,(H,71,76)/b17-15-,23-21-,47-45+. The van der Waals surface area contributed by atoms with Crippen molar-refractivity contribution in [3.8, 4) is 0 Å². The molecule has 0 spiro atoms. The number of aliphatic hydroxyl groups is 11. The fraction of sp³-hybridized carbons (Fsp3) is 0.900. The van der Waals surface area contributed by atoms with Crippen molar-refractivity contribution in [1.29, 1.82) is 0 Å². The quantitative estimate of drug-likeness (QED) is 0.0199. The Kier molecular flexibility index (Phi) is 47.7. The van der Waals surface area contributed by atoms with E-state index in [4.69, 9.17) is 28.4 Å². The minimum atomic E-state index is -1.98. The van der Waals surface area contributed by atoms with Crippen molar-refractivity contribution in [2.75, 3.05) is 26.4 Å². The van der Waals surface area contributed by atoms with Gasteiger partial charge in [0.1, 0.15) is 73.2 Å². The van der Waals surface area contributed by atoms with E-state index in [9.17, 15) is 61.0 Å². The highest BCUT2D eigenvalue weighted by molar-refractivity contribution is 5.76. The summed E-state index contributed by atoms with van der Waals surface area (Å²) in [6.45, 7) is 1.75. The number of allylic oxidation sites excluding steroid dienone is 5. The minimum Gasteiger partial charge on any atom is -0.394 e. The van der Waals surface area contributed by atoms with Crippen molar-refractivity contribution >= 4 is 5.91 Å². The molecule has 19 heteroatoms. The smallest absolute Gasteiger partial charge is 0.220 e. The van der Waals surface area contributed by atoms with E-state index >= 15 is 0 Å². The summed E-state index contributed by atoms with van der Waals surface area (Å²) in [5.41, 5.74) is 0. The van der Waals surface area contributed by atoms with Crippen LogP contribution in [-0.4, -0.2) is 193 Å². The third-order valence-corrected chi connectivity index (χ3v) is 17.9. The lowest BCUT2D eigenvalue weighted by molar-refractivity contribution is -0.379. The normalized spacial score (nSPS) is 28.4. The number of hydrogen-bond donors (Lipinski definition) is 12. The van der Waals surface area contributed by atoms with Crippen LogP contribution in [-0.2, 0) is 33.2 Å². The summed E-state index contributed by atoms with van der Waals surface area (Å²) >= 11 is 0. The zero-order valence-corrected chi connectivity index (χ0v) is 55.2. The molecule has 0 aromatic heterocycles. The van der Waals surface area contributed by atoms with Gasteiger partial charge in [0.15, 0.2) is 18.9 Å². The third-order valence-electron chi connectivity index (χ3n) is 17.9. The number of carbonyl (C=O) groups excluding carboxylic acids is 1. The highest BCUT2D eigenvalue weighted by Gasteiger charge is 2.53. The minimum absolute atomic E-state index is 0.244. The number of hydrogen-bond acceptors (Lipinski definition) is 18. The fourth-order valence-corrected chi connectivity index (χ4v) is 12.1. The molecule has 522 valence electrons. The monoisotopic (exact) mass is 1270 g/mol. The Bertz CT molecular complexity index is 1760. The average molecular weight is 1270 g/mol. The van der Waals surface area contributed by atoms with E-state index < -0.39 is 124 Å². The number of unbranched alkanes of at least 4 members (excludes halogenated alkanes) is 35. The van der Waals surface area contributed by atoms with Gasteiger partial charge in [-0.05, 0) is 51.4 Å². The second kappa shape index (κ2) is 52.3. The molecule has 0 bridgehead atoms. The number of rotatable bonds is 55. The Morgan fingerprint density at radius 1 is 0.404 bits per heavy atom. The number of carbonyl (C=O) groups is 1. The topological polar surface area (TPSA) is 307 Å². The number of aliphatic hydroxyl groups excluding tert-OH is 11. The first-order valence-corrected chi connectivity index (χ1v) is 35.7. The first-order valence-electron chi connectivity index (χ1n) is 35.7. The molecule has 17 unspecified atom stereocenters. The second-order valence-electron chi connectivity index (χ2n) is 25.7. The van der Waals surface area contributed by atoms with E-state index in [2.05, 4.69) is 43.5 Å². The molecular formula is C70H129NO18. The van der Waals surface area contributed by atoms with Gasteiger partial charge in [0, 0.05) is 6.42 Å². The van der Waals surface area contributed by atoms with Gasteiger partial charge in [0.2, 0.25) is 5.91 Å². The average Bonchev–Trinajstić information content (AvgIpc) is 2.44. The molecule has 17 atom stereocenters. The molecule has 0 radical (unpaired) electrons. The van der Waals surface area contributed by atoms with Gasteiger partial charge in [-0.1, -0.05) is 249 Å². The van der Waals surface area contributed by atoms with Gasteiger partial charge >= 0.3 is 0 Å². The van der Waals surface area contributed by atoms with Gasteiger partial charge in [-0.25, -0.2) is 0 Å². The molecule has 3 aliphatic rings. The highest BCUT2D eigenvalue weighted by atomic mass is 16.8. The summed E-state index contributed by atoms with van der Waals surface area (Å²) in [5, 5.41) is 121. The molecule has 19 nitrogen and oxygen atoms in total. The van der Waals surface area contributed by atoms with Crippen LogP contribution >= 0.6 is 0 Å². The predicted molar refractivity (Wildman–Crippen MR) is 346 cm³/mol. The maximum absolute atomic E-state index is 13.4. The molecule has 3 aliphatic heterocycles. The zero-order chi connectivity index (χ0) is 64.7. The SMILES string of the molecule is CCCCCCC/C=C\C/C=C\CCCCCCCCCCCCCCCC(=O)NC(COC1OC(CO)C(OC2OC(CO)C(OC3OC(CO)C(O)C(O)C3O)C(O)C2O)C(O)C1O)C(O)/C=C/CCCCCCCCCCCCCCCCCCC. The lowest BCUT2D eigenvalue weighted by Crippen LogP contribution is -2.66. The lowest BCUT2D eigenvalue weighted by atomic mass is 9.96. The van der Waals surface area contributed by atoms with Crippen LogP contribution in [0.1, 0.15) is 271 Å². The summed E-state index contributed by atoms with van der Waals surface area (Å²) < 4.78 is 34.4. The summed E-state index contributed by atoms with van der Waals surface area (Å²) in [5.74, 6) is -0.274. The van der Waals surface area contributed by atoms with Crippen molar-refractivity contribution in [3.05, 3.63) is 36.5 Å². The first kappa shape index (κ1) is 81.2. The maximum Gasteiger partial charge on any atom is 0.220 e. The van der Waals surface area contributed by atoms with Crippen LogP contribution < -0.4 is 5.32 Å². The predicted octanol–water partition coefficient (Wildman–Crippen LogP) is 9.61. The molecule has 0 saturated carbocycles. The largest absolute Gasteiger partial charge is 0.394 e. The molecule has 3 saturated heterocycles. The molecule has 12 N–H and O–H groups in total. The Hall–Kier alpha value is -1.99. The fourth-order valence-electron chi connectivity index (χ4n) is 12.1. The molecule has 3 fully saturated rings. The number of amides is 1. The van der Waals surface area contributed by atoms with E-state index in [1.165, 1.54) is 193 Å². The van der Waals surface area contributed by atoms with E-state index in [1.807, 2.05) is 6.08 Å². The van der Waals surface area contributed by atoms with Crippen LogP contribution in [0.2, 0.25) is 0 Å². The van der Waals surface area contributed by atoms with Gasteiger partial charge < -0.3 is 89.9 Å². The van der Waals surface area contributed by atoms with E-state index in [0.717, 1.165) is 51.4 Å². The number of nitrogens with one attached hydrogen (secondary N) is 1. The van der Waals surface area contributed by atoms with Crippen LogP contribution in [0.25, 0.3) is 0 Å². The van der Waals surface area contributed by atoms with E-state index in [1.54, 1.807) is 6.08 Å². The molecule has 3 heterocycles. The first-order chi connectivity index (χ1) is 43.3. The van der Waals surface area contributed by atoms with Crippen molar-refractivity contribution in [2.45, 2.75) is 375 Å². The maximum atomic E-state index is 13.4. The van der Waals surface area contributed by atoms with E-state index in [-0.39, 0.29) is 18.9 Å². The summed E-state index contributed by atoms with van der Waals surface area (Å²) in [7, 11) is 0. The van der Waals surface area contributed by atoms with Crippen LogP contribution in [0, 0.1) is 0 Å².